The van der Waals surface area contributed by atoms with Crippen molar-refractivity contribution < 1.29 is 19.1 Å². The van der Waals surface area contributed by atoms with E-state index in [1.54, 1.807) is 19.4 Å². The number of hydrogen-bond donors (Lipinski definition) is 2. The second-order valence-corrected chi connectivity index (χ2v) is 9.36. The van der Waals surface area contributed by atoms with E-state index >= 15 is 0 Å². The number of rotatable bonds is 5. The number of aromatic nitrogens is 1. The third-order valence-corrected chi connectivity index (χ3v) is 6.68. The highest BCUT2D eigenvalue weighted by Crippen LogP contribution is 2.38. The largest absolute Gasteiger partial charge is 0.490 e. The van der Waals surface area contributed by atoms with Crippen molar-refractivity contribution in [3.05, 3.63) is 41.6 Å². The van der Waals surface area contributed by atoms with E-state index in [0.717, 1.165) is 48.1 Å². The fourth-order valence-electron chi connectivity index (χ4n) is 4.85. The number of fused-ring (bicyclic) bond motifs is 1. The monoisotopic (exact) mass is 451 g/mol. The molecule has 3 heterocycles. The topological polar surface area (TPSA) is 89.5 Å². The predicted molar refractivity (Wildman–Crippen MR) is 126 cm³/mol. The van der Waals surface area contributed by atoms with Gasteiger partial charge in [-0.1, -0.05) is 6.92 Å². The van der Waals surface area contributed by atoms with E-state index in [1.807, 2.05) is 25.1 Å². The van der Waals surface area contributed by atoms with Crippen LogP contribution in [0.15, 0.2) is 30.5 Å². The van der Waals surface area contributed by atoms with Crippen LogP contribution in [0.4, 0.5) is 0 Å². The summed E-state index contributed by atoms with van der Waals surface area (Å²) in [5.74, 6) is 1.17. The molecule has 1 saturated heterocycles. The molecule has 176 valence electrons. The molecule has 7 nitrogen and oxygen atoms in total. The predicted octanol–water partition coefficient (Wildman–Crippen LogP) is 3.75. The van der Waals surface area contributed by atoms with Crippen LogP contribution in [0.3, 0.4) is 0 Å². The van der Waals surface area contributed by atoms with Gasteiger partial charge in [0.05, 0.1) is 19.1 Å². The molecule has 0 aliphatic carbocycles. The molecule has 2 aliphatic heterocycles. The molecule has 33 heavy (non-hydrogen) atoms. The van der Waals surface area contributed by atoms with E-state index in [4.69, 9.17) is 9.47 Å². The third kappa shape index (κ3) is 5.13. The van der Waals surface area contributed by atoms with Gasteiger partial charge in [0.1, 0.15) is 5.75 Å². The lowest BCUT2D eigenvalue weighted by Gasteiger charge is -2.32. The minimum absolute atomic E-state index is 0.0101. The number of nitrogens with zero attached hydrogens (tertiary/aromatic N) is 1. The number of piperidine rings is 1. The summed E-state index contributed by atoms with van der Waals surface area (Å²) in [7, 11) is 1.58. The second kappa shape index (κ2) is 9.81. The highest BCUT2D eigenvalue weighted by atomic mass is 16.5. The Bertz CT molecular complexity index is 1020. The fourth-order valence-corrected chi connectivity index (χ4v) is 4.85. The van der Waals surface area contributed by atoms with Crippen molar-refractivity contribution in [3.63, 3.8) is 0 Å². The lowest BCUT2D eigenvalue weighted by molar-refractivity contribution is -0.129. The number of amides is 2. The Balaban J connectivity index is 1.62. The minimum atomic E-state index is -0.222. The number of pyridine rings is 1. The highest BCUT2D eigenvalue weighted by molar-refractivity contribution is 5.97. The molecule has 7 heteroatoms. The van der Waals surface area contributed by atoms with Gasteiger partial charge in [0.25, 0.3) is 5.91 Å². The molecule has 2 aliphatic rings. The van der Waals surface area contributed by atoms with Crippen molar-refractivity contribution in [2.45, 2.75) is 58.6 Å². The van der Waals surface area contributed by atoms with Crippen molar-refractivity contribution in [3.8, 4) is 22.8 Å². The first-order valence-electron chi connectivity index (χ1n) is 11.8. The van der Waals surface area contributed by atoms with E-state index < -0.39 is 0 Å². The van der Waals surface area contributed by atoms with Crippen LogP contribution in [-0.4, -0.2) is 42.6 Å². The normalized spacial score (nSPS) is 24.7. The van der Waals surface area contributed by atoms with Gasteiger partial charge in [-0.15, -0.1) is 0 Å². The molecule has 1 fully saturated rings. The van der Waals surface area contributed by atoms with Crippen molar-refractivity contribution >= 4 is 11.8 Å². The number of benzene rings is 1. The Labute approximate surface area is 195 Å². The summed E-state index contributed by atoms with van der Waals surface area (Å²) in [5.41, 5.74) is 3.30. The molecule has 2 N–H and O–H groups in total. The zero-order valence-electron chi connectivity index (χ0n) is 19.8. The molecule has 2 amide bonds. The summed E-state index contributed by atoms with van der Waals surface area (Å²) in [4.78, 5) is 29.9. The zero-order valence-corrected chi connectivity index (χ0v) is 19.8. The summed E-state index contributed by atoms with van der Waals surface area (Å²) in [5, 5.41) is 5.99. The van der Waals surface area contributed by atoms with Gasteiger partial charge in [-0.05, 0) is 69.2 Å². The van der Waals surface area contributed by atoms with Gasteiger partial charge in [-0.25, -0.2) is 4.98 Å². The first kappa shape index (κ1) is 23.1. The number of carbonyl (C=O) groups is 2. The lowest BCUT2D eigenvalue weighted by atomic mass is 9.84. The maximum atomic E-state index is 13.2. The van der Waals surface area contributed by atoms with E-state index in [1.165, 1.54) is 0 Å². The Morgan fingerprint density at radius 1 is 1.27 bits per heavy atom. The van der Waals surface area contributed by atoms with Crippen molar-refractivity contribution in [2.75, 3.05) is 13.7 Å². The van der Waals surface area contributed by atoms with Crippen LogP contribution in [0, 0.1) is 11.8 Å². The van der Waals surface area contributed by atoms with Gasteiger partial charge in [-0.3, -0.25) is 9.59 Å². The summed E-state index contributed by atoms with van der Waals surface area (Å²) in [6, 6.07) is 7.69. The van der Waals surface area contributed by atoms with E-state index in [9.17, 15) is 9.59 Å². The second-order valence-electron chi connectivity index (χ2n) is 9.36. The van der Waals surface area contributed by atoms with Crippen LogP contribution in [0.1, 0.15) is 56.0 Å². The summed E-state index contributed by atoms with van der Waals surface area (Å²) >= 11 is 0. The first-order valence-corrected chi connectivity index (χ1v) is 11.8. The average molecular weight is 452 g/mol. The van der Waals surface area contributed by atoms with Gasteiger partial charge in [-0.2, -0.15) is 0 Å². The van der Waals surface area contributed by atoms with Crippen LogP contribution in [0.25, 0.3) is 11.1 Å². The summed E-state index contributed by atoms with van der Waals surface area (Å²) in [6.45, 7) is 6.48. The Kier molecular flexibility index (Phi) is 6.86. The Morgan fingerprint density at radius 3 is 2.79 bits per heavy atom. The lowest BCUT2D eigenvalue weighted by Crippen LogP contribution is -2.50. The van der Waals surface area contributed by atoms with Gasteiger partial charge < -0.3 is 20.1 Å². The summed E-state index contributed by atoms with van der Waals surface area (Å²) < 4.78 is 11.5. The van der Waals surface area contributed by atoms with E-state index in [2.05, 4.69) is 29.5 Å². The van der Waals surface area contributed by atoms with Crippen LogP contribution >= 0.6 is 0 Å². The van der Waals surface area contributed by atoms with E-state index in [-0.39, 0.29) is 35.8 Å². The molecule has 1 aromatic heterocycles. The number of aryl methyl sites for hydroxylation is 1. The molecule has 0 radical (unpaired) electrons. The highest BCUT2D eigenvalue weighted by Gasteiger charge is 2.32. The van der Waals surface area contributed by atoms with Crippen molar-refractivity contribution in [2.24, 2.45) is 11.8 Å². The van der Waals surface area contributed by atoms with Gasteiger partial charge in [0.15, 0.2) is 0 Å². The zero-order chi connectivity index (χ0) is 23.5. The van der Waals surface area contributed by atoms with Gasteiger partial charge in [0, 0.05) is 41.5 Å². The molecule has 4 unspecified atom stereocenters. The number of methoxy groups -OCH3 is 1. The third-order valence-electron chi connectivity index (χ3n) is 6.68. The quantitative estimate of drug-likeness (QED) is 0.723. The summed E-state index contributed by atoms with van der Waals surface area (Å²) in [6.07, 6.45) is 5.56. The fraction of sp³-hybridized carbons (Fsp3) is 0.500. The van der Waals surface area contributed by atoms with Crippen molar-refractivity contribution in [1.82, 2.24) is 15.6 Å². The van der Waals surface area contributed by atoms with Gasteiger partial charge in [0.2, 0.25) is 11.8 Å². The van der Waals surface area contributed by atoms with Crippen LogP contribution < -0.4 is 20.1 Å². The average Bonchev–Trinajstić information content (AvgIpc) is 2.98. The number of carbonyl (C=O) groups excluding carboxylic acids is 2. The van der Waals surface area contributed by atoms with Crippen molar-refractivity contribution in [1.29, 1.82) is 0 Å². The molecule has 2 aromatic rings. The van der Waals surface area contributed by atoms with Gasteiger partial charge >= 0.3 is 0 Å². The molecular weight excluding hydrogens is 418 g/mol. The Morgan fingerprint density at radius 2 is 2.09 bits per heavy atom. The molecule has 4 atom stereocenters. The van der Waals surface area contributed by atoms with E-state index in [0.29, 0.717) is 18.0 Å². The molecule has 0 saturated carbocycles. The number of ether oxygens (including phenoxy) is 2. The van der Waals surface area contributed by atoms with Crippen LogP contribution in [-0.2, 0) is 11.2 Å². The molecule has 0 bridgehead atoms. The Hall–Kier alpha value is -3.09. The molecular formula is C26H33N3O4. The molecule has 4 rings (SSSR count). The SMILES string of the molecule is COc1ccc(-c2cc(C(=O)NCC3C(=O)NC(C)CC3C)cc3c2OC(C)CCC3)cn1. The molecule has 0 spiro atoms. The van der Waals surface area contributed by atoms with Crippen LogP contribution in [0.5, 0.6) is 11.6 Å². The maximum Gasteiger partial charge on any atom is 0.251 e. The first-order chi connectivity index (χ1) is 15.9. The minimum Gasteiger partial charge on any atom is -0.490 e. The molecule has 1 aromatic carbocycles. The van der Waals surface area contributed by atoms with Crippen LogP contribution in [0.2, 0.25) is 0 Å². The smallest absolute Gasteiger partial charge is 0.251 e. The standard InChI is InChI=1S/C26H33N3O4/c1-15-10-16(2)29-26(31)22(15)14-28-25(30)20-11-18-7-5-6-17(3)33-24(18)21(12-20)19-8-9-23(32-4)27-13-19/h8-9,11-13,15-17,22H,5-7,10,14H2,1-4H3,(H,28,30)(H,29,31). The number of nitrogens with one attached hydrogen (secondary N) is 2. The maximum absolute atomic E-state index is 13.2. The number of hydrogen-bond acceptors (Lipinski definition) is 5.